The molecule has 0 radical (unpaired) electrons. The molecule has 0 atom stereocenters. The zero-order chi connectivity index (χ0) is 13.1. The molecule has 0 aliphatic carbocycles. The summed E-state index contributed by atoms with van der Waals surface area (Å²) in [5, 5.41) is 0. The fourth-order valence-electron chi connectivity index (χ4n) is 1.77. The first-order valence-corrected chi connectivity index (χ1v) is 5.84. The van der Waals surface area contributed by atoms with Gasteiger partial charge in [0.15, 0.2) is 11.6 Å². The number of hydrogen-bond donors (Lipinski definition) is 1. The van der Waals surface area contributed by atoms with Crippen molar-refractivity contribution in [3.05, 3.63) is 58.9 Å². The van der Waals surface area contributed by atoms with E-state index in [4.69, 9.17) is 10.5 Å². The van der Waals surface area contributed by atoms with Gasteiger partial charge in [-0.15, -0.1) is 0 Å². The number of halogens is 1. The predicted molar refractivity (Wildman–Crippen MR) is 70.3 cm³/mol. The molecule has 94 valence electrons. The third-order valence-corrected chi connectivity index (χ3v) is 2.85. The summed E-state index contributed by atoms with van der Waals surface area (Å²) in [7, 11) is 0. The number of ether oxygens (including phenoxy) is 1. The lowest BCUT2D eigenvalue weighted by Gasteiger charge is -2.11. The van der Waals surface area contributed by atoms with Crippen LogP contribution >= 0.6 is 0 Å². The first-order chi connectivity index (χ1) is 8.61. The molecule has 0 amide bonds. The molecule has 18 heavy (non-hydrogen) atoms. The van der Waals surface area contributed by atoms with Crippen LogP contribution in [-0.2, 0) is 6.54 Å². The van der Waals surface area contributed by atoms with Crippen LogP contribution in [0.3, 0.4) is 0 Å². The second kappa shape index (κ2) is 5.19. The highest BCUT2D eigenvalue weighted by atomic mass is 19.1. The molecule has 0 aromatic heterocycles. The Morgan fingerprint density at radius 1 is 1.06 bits per heavy atom. The standard InChI is InChI=1S/C15H16FNO/c1-10-4-3-5-14(15(10)16)18-13-7-6-12(9-17)8-11(13)2/h3-8H,9,17H2,1-2H3. The third kappa shape index (κ3) is 2.51. The van der Waals surface area contributed by atoms with Crippen LogP contribution in [0, 0.1) is 19.7 Å². The van der Waals surface area contributed by atoms with Gasteiger partial charge in [-0.3, -0.25) is 0 Å². The Morgan fingerprint density at radius 2 is 1.83 bits per heavy atom. The van der Waals surface area contributed by atoms with Crippen LogP contribution in [0.1, 0.15) is 16.7 Å². The Balaban J connectivity index is 2.31. The van der Waals surface area contributed by atoms with Gasteiger partial charge < -0.3 is 10.5 Å². The van der Waals surface area contributed by atoms with Crippen molar-refractivity contribution < 1.29 is 9.13 Å². The first-order valence-electron chi connectivity index (χ1n) is 5.84. The van der Waals surface area contributed by atoms with E-state index in [9.17, 15) is 4.39 Å². The van der Waals surface area contributed by atoms with Crippen LogP contribution in [0.5, 0.6) is 11.5 Å². The van der Waals surface area contributed by atoms with E-state index >= 15 is 0 Å². The Kier molecular flexibility index (Phi) is 3.63. The lowest BCUT2D eigenvalue weighted by molar-refractivity contribution is 0.437. The Bertz CT molecular complexity index is 566. The summed E-state index contributed by atoms with van der Waals surface area (Å²) in [6, 6.07) is 10.8. The molecule has 2 aromatic carbocycles. The Labute approximate surface area is 106 Å². The van der Waals surface area contributed by atoms with E-state index in [2.05, 4.69) is 0 Å². The van der Waals surface area contributed by atoms with E-state index in [0.717, 1.165) is 11.1 Å². The van der Waals surface area contributed by atoms with Crippen LogP contribution in [0.15, 0.2) is 36.4 Å². The van der Waals surface area contributed by atoms with Crippen molar-refractivity contribution in [1.29, 1.82) is 0 Å². The summed E-state index contributed by atoms with van der Waals surface area (Å²) in [4.78, 5) is 0. The maximum Gasteiger partial charge on any atom is 0.168 e. The molecule has 0 saturated carbocycles. The monoisotopic (exact) mass is 245 g/mol. The molecule has 0 spiro atoms. The highest BCUT2D eigenvalue weighted by molar-refractivity contribution is 5.41. The molecular weight excluding hydrogens is 229 g/mol. The average Bonchev–Trinajstić information content (AvgIpc) is 2.37. The second-order valence-corrected chi connectivity index (χ2v) is 4.29. The summed E-state index contributed by atoms with van der Waals surface area (Å²) in [6.07, 6.45) is 0. The fraction of sp³-hybridized carbons (Fsp3) is 0.200. The molecule has 0 aliphatic rings. The van der Waals surface area contributed by atoms with Gasteiger partial charge in [-0.2, -0.15) is 0 Å². The van der Waals surface area contributed by atoms with E-state index in [0.29, 0.717) is 17.9 Å². The van der Waals surface area contributed by atoms with E-state index < -0.39 is 0 Å². The molecule has 2 aromatic rings. The van der Waals surface area contributed by atoms with Gasteiger partial charge in [-0.05, 0) is 42.7 Å². The topological polar surface area (TPSA) is 35.2 Å². The van der Waals surface area contributed by atoms with Crippen molar-refractivity contribution in [2.45, 2.75) is 20.4 Å². The van der Waals surface area contributed by atoms with Crippen molar-refractivity contribution in [2.24, 2.45) is 5.73 Å². The zero-order valence-corrected chi connectivity index (χ0v) is 10.5. The van der Waals surface area contributed by atoms with Gasteiger partial charge in [-0.25, -0.2) is 4.39 Å². The van der Waals surface area contributed by atoms with Crippen LogP contribution in [0.2, 0.25) is 0 Å². The van der Waals surface area contributed by atoms with Crippen LogP contribution in [0.4, 0.5) is 4.39 Å². The van der Waals surface area contributed by atoms with E-state index in [1.807, 2.05) is 25.1 Å². The summed E-state index contributed by atoms with van der Waals surface area (Å²) < 4.78 is 19.4. The summed E-state index contributed by atoms with van der Waals surface area (Å²) in [5.41, 5.74) is 8.11. The third-order valence-electron chi connectivity index (χ3n) is 2.85. The lowest BCUT2D eigenvalue weighted by atomic mass is 10.1. The molecule has 2 nitrogen and oxygen atoms in total. The van der Waals surface area contributed by atoms with Crippen molar-refractivity contribution in [3.63, 3.8) is 0 Å². The first kappa shape index (κ1) is 12.6. The van der Waals surface area contributed by atoms with Gasteiger partial charge in [0.1, 0.15) is 5.75 Å². The largest absolute Gasteiger partial charge is 0.454 e. The van der Waals surface area contributed by atoms with Crippen LogP contribution in [-0.4, -0.2) is 0 Å². The molecule has 0 saturated heterocycles. The summed E-state index contributed by atoms with van der Waals surface area (Å²) >= 11 is 0. The summed E-state index contributed by atoms with van der Waals surface area (Å²) in [6.45, 7) is 4.12. The van der Waals surface area contributed by atoms with E-state index in [1.54, 1.807) is 25.1 Å². The molecule has 0 fully saturated rings. The molecule has 2 N–H and O–H groups in total. The molecule has 2 rings (SSSR count). The lowest BCUT2D eigenvalue weighted by Crippen LogP contribution is -1.98. The molecule has 3 heteroatoms. The van der Waals surface area contributed by atoms with Gasteiger partial charge >= 0.3 is 0 Å². The Morgan fingerprint density at radius 3 is 2.50 bits per heavy atom. The van der Waals surface area contributed by atoms with Crippen molar-refractivity contribution >= 4 is 0 Å². The van der Waals surface area contributed by atoms with Gasteiger partial charge in [0.05, 0.1) is 0 Å². The fourth-order valence-corrected chi connectivity index (χ4v) is 1.77. The number of benzene rings is 2. The maximum atomic E-state index is 13.8. The Hall–Kier alpha value is -1.87. The normalized spacial score (nSPS) is 10.4. The predicted octanol–water partition coefficient (Wildman–Crippen LogP) is 3.69. The number of hydrogen-bond acceptors (Lipinski definition) is 2. The number of nitrogens with two attached hydrogens (primary N) is 1. The minimum Gasteiger partial charge on any atom is -0.454 e. The van der Waals surface area contributed by atoms with Crippen molar-refractivity contribution in [1.82, 2.24) is 0 Å². The SMILES string of the molecule is Cc1cc(CN)ccc1Oc1cccc(C)c1F. The van der Waals surface area contributed by atoms with E-state index in [1.165, 1.54) is 0 Å². The smallest absolute Gasteiger partial charge is 0.168 e. The van der Waals surface area contributed by atoms with Gasteiger partial charge in [0.25, 0.3) is 0 Å². The van der Waals surface area contributed by atoms with Crippen LogP contribution in [0.25, 0.3) is 0 Å². The number of aryl methyl sites for hydroxylation is 2. The molecular formula is C15H16FNO. The second-order valence-electron chi connectivity index (χ2n) is 4.29. The zero-order valence-electron chi connectivity index (χ0n) is 10.5. The van der Waals surface area contributed by atoms with E-state index in [-0.39, 0.29) is 11.6 Å². The quantitative estimate of drug-likeness (QED) is 0.895. The maximum absolute atomic E-state index is 13.8. The highest BCUT2D eigenvalue weighted by Gasteiger charge is 2.08. The number of rotatable bonds is 3. The molecule has 0 aliphatic heterocycles. The van der Waals surface area contributed by atoms with Crippen molar-refractivity contribution in [3.8, 4) is 11.5 Å². The minimum atomic E-state index is -0.320. The minimum absolute atomic E-state index is 0.249. The molecule has 0 bridgehead atoms. The highest BCUT2D eigenvalue weighted by Crippen LogP contribution is 2.28. The molecule has 0 unspecified atom stereocenters. The average molecular weight is 245 g/mol. The summed E-state index contributed by atoms with van der Waals surface area (Å²) in [5.74, 6) is 0.579. The van der Waals surface area contributed by atoms with Gasteiger partial charge in [0.2, 0.25) is 0 Å². The van der Waals surface area contributed by atoms with Gasteiger partial charge in [0, 0.05) is 6.54 Å². The van der Waals surface area contributed by atoms with Crippen molar-refractivity contribution in [2.75, 3.05) is 0 Å². The molecule has 0 heterocycles. The van der Waals surface area contributed by atoms with Gasteiger partial charge in [-0.1, -0.05) is 24.3 Å². The van der Waals surface area contributed by atoms with Crippen LogP contribution < -0.4 is 10.5 Å².